The van der Waals surface area contributed by atoms with Crippen molar-refractivity contribution in [3.05, 3.63) is 70.1 Å². The number of amides is 5. The molecule has 22 heteroatoms. The fraction of sp³-hybridized carbons (Fsp3) is 0.419. The second kappa shape index (κ2) is 18.3. The van der Waals surface area contributed by atoms with Gasteiger partial charge in [0.2, 0.25) is 23.7 Å². The fourth-order valence-electron chi connectivity index (χ4n) is 7.70. The topological polar surface area (TPSA) is 272 Å². The first-order chi connectivity index (χ1) is 30.9. The number of halogens is 1. The molecule has 344 valence electrons. The van der Waals surface area contributed by atoms with Crippen molar-refractivity contribution in [1.82, 2.24) is 44.0 Å². The van der Waals surface area contributed by atoms with E-state index in [2.05, 4.69) is 31.1 Å². The summed E-state index contributed by atoms with van der Waals surface area (Å²) >= 11 is 0. The summed E-state index contributed by atoms with van der Waals surface area (Å²) in [4.78, 5) is 74.1. The summed E-state index contributed by atoms with van der Waals surface area (Å²) in [7, 11) is 0. The predicted octanol–water partition coefficient (Wildman–Crippen LogP) is 4.98. The maximum absolute atomic E-state index is 15.2. The molecule has 0 fully saturated rings. The maximum atomic E-state index is 15.2. The van der Waals surface area contributed by atoms with Crippen molar-refractivity contribution in [2.75, 3.05) is 30.4 Å². The third kappa shape index (κ3) is 9.55. The highest BCUT2D eigenvalue weighted by molar-refractivity contribution is 6.05. The Morgan fingerprint density at radius 2 is 1.52 bits per heavy atom. The van der Waals surface area contributed by atoms with E-state index >= 15 is 4.39 Å². The Kier molecular flexibility index (Phi) is 12.8. The summed E-state index contributed by atoms with van der Waals surface area (Å²) < 4.78 is 39.4. The highest BCUT2D eigenvalue weighted by Crippen LogP contribution is 2.39. The number of nitrogens with one attached hydrogen (secondary N) is 3. The van der Waals surface area contributed by atoms with Gasteiger partial charge in [-0.2, -0.15) is 10.2 Å². The molecule has 7 rings (SSSR count). The van der Waals surface area contributed by atoms with Gasteiger partial charge in [-0.05, 0) is 98.1 Å². The van der Waals surface area contributed by atoms with E-state index in [1.807, 2.05) is 6.92 Å². The van der Waals surface area contributed by atoms with Crippen molar-refractivity contribution >= 4 is 63.7 Å². The molecule has 2 aromatic carbocycles. The first-order valence-corrected chi connectivity index (χ1v) is 21.2. The number of imidazole rings is 2. The normalized spacial score (nSPS) is 13.4. The van der Waals surface area contributed by atoms with Gasteiger partial charge in [-0.1, -0.05) is 0 Å². The van der Waals surface area contributed by atoms with Crippen LogP contribution in [0.1, 0.15) is 113 Å². The van der Waals surface area contributed by atoms with Gasteiger partial charge in [0, 0.05) is 37.3 Å². The molecule has 0 unspecified atom stereocenters. The van der Waals surface area contributed by atoms with Crippen LogP contribution in [0, 0.1) is 19.7 Å². The zero-order valence-corrected chi connectivity index (χ0v) is 37.2. The number of hydrogen-bond acceptors (Lipinski definition) is 12. The summed E-state index contributed by atoms with van der Waals surface area (Å²) in [6.45, 7) is 13.5. The van der Waals surface area contributed by atoms with E-state index in [1.165, 1.54) is 35.9 Å². The number of alkyl carbamates (subject to hydrolysis) is 1. The lowest BCUT2D eigenvalue weighted by Gasteiger charge is -2.27. The van der Waals surface area contributed by atoms with Gasteiger partial charge in [-0.25, -0.2) is 19.2 Å². The van der Waals surface area contributed by atoms with Gasteiger partial charge >= 0.3 is 6.09 Å². The fourth-order valence-corrected chi connectivity index (χ4v) is 7.70. The summed E-state index contributed by atoms with van der Waals surface area (Å²) in [5.74, 6) is -2.62. The molecule has 1 atom stereocenters. The van der Waals surface area contributed by atoms with Gasteiger partial charge in [-0.15, -0.1) is 0 Å². The molecule has 0 spiro atoms. The average Bonchev–Trinajstić information content (AvgIpc) is 3.99. The average molecular weight is 898 g/mol. The number of ether oxygens (including phenoxy) is 3. The third-order valence-electron chi connectivity index (χ3n) is 10.5. The summed E-state index contributed by atoms with van der Waals surface area (Å²) in [5, 5.41) is 17.0. The number of benzene rings is 2. The molecule has 0 bridgehead atoms. The third-order valence-corrected chi connectivity index (χ3v) is 10.5. The lowest BCUT2D eigenvalue weighted by Crippen LogP contribution is -2.33. The number of anilines is 2. The van der Waals surface area contributed by atoms with E-state index in [0.717, 1.165) is 0 Å². The minimum Gasteiger partial charge on any atom is -0.491 e. The van der Waals surface area contributed by atoms with Crippen molar-refractivity contribution in [2.45, 2.75) is 99.0 Å². The Hall–Kier alpha value is -7.52. The van der Waals surface area contributed by atoms with E-state index in [4.69, 9.17) is 30.7 Å². The monoisotopic (exact) mass is 897 g/mol. The molecule has 6 aromatic rings. The molecule has 1 aliphatic rings. The summed E-state index contributed by atoms with van der Waals surface area (Å²) in [6.07, 6.45) is 0.597. The molecule has 21 nitrogen and oxygen atoms in total. The molecule has 0 radical (unpaired) electrons. The van der Waals surface area contributed by atoms with E-state index in [9.17, 15) is 24.0 Å². The molecule has 0 saturated carbocycles. The van der Waals surface area contributed by atoms with Crippen LogP contribution >= 0.6 is 0 Å². The Balaban J connectivity index is 1.22. The number of nitrogens with two attached hydrogens (primary N) is 2. The van der Waals surface area contributed by atoms with E-state index in [0.29, 0.717) is 65.0 Å². The van der Waals surface area contributed by atoms with Crippen LogP contribution < -0.4 is 36.9 Å². The number of nitrogens with zero attached hydrogens (tertiary/aromatic N) is 8. The molecule has 1 aliphatic heterocycles. The maximum Gasteiger partial charge on any atom is 0.407 e. The van der Waals surface area contributed by atoms with Crippen molar-refractivity contribution < 1.29 is 42.6 Å². The minimum absolute atomic E-state index is 0.0644. The highest BCUT2D eigenvalue weighted by Gasteiger charge is 2.31. The number of aryl methyl sites for hydroxylation is 5. The Labute approximate surface area is 371 Å². The lowest BCUT2D eigenvalue weighted by molar-refractivity contribution is 0.0524. The smallest absolute Gasteiger partial charge is 0.407 e. The molecule has 0 saturated heterocycles. The van der Waals surface area contributed by atoms with Crippen LogP contribution in [0.25, 0.3) is 22.1 Å². The summed E-state index contributed by atoms with van der Waals surface area (Å²) in [6, 6.07) is 7.22. The van der Waals surface area contributed by atoms with Crippen molar-refractivity contribution in [2.24, 2.45) is 11.5 Å². The van der Waals surface area contributed by atoms with Crippen molar-refractivity contribution in [3.8, 4) is 11.5 Å². The Bertz CT molecular complexity index is 2850. The van der Waals surface area contributed by atoms with Gasteiger partial charge in [0.05, 0.1) is 35.1 Å². The largest absolute Gasteiger partial charge is 0.491 e. The van der Waals surface area contributed by atoms with Crippen LogP contribution in [-0.2, 0) is 24.4 Å². The number of carbonyl (C=O) groups excluding carboxylic acids is 5. The predicted molar refractivity (Wildman–Crippen MR) is 236 cm³/mol. The van der Waals surface area contributed by atoms with Crippen LogP contribution in [-0.4, -0.2) is 93.7 Å². The van der Waals surface area contributed by atoms with Gasteiger partial charge < -0.3 is 40.1 Å². The molecular weight excluding hydrogens is 846 g/mol. The van der Waals surface area contributed by atoms with Gasteiger partial charge in [-0.3, -0.25) is 39.2 Å². The van der Waals surface area contributed by atoms with Crippen LogP contribution in [0.15, 0.2) is 30.3 Å². The standard InChI is InChI=1S/C43H52FN13O8/c1-8-55-29(16-22(3)52-55)38(60)50-40-48-27-17-24(36(45)58)19-30(63-15-11-13-47-42(62)65-43(5,6)7)33(27)54(40)14-10-12-26-21-64-31-20-25(37(46)59)18-28-34(31)57(26)41(49-28)51-39(61)35-32(44)23(4)53-56(35)9-2/h16-20,26H,8-15,21H2,1-7H3,(H2,45,58)(H2,46,59)(H,47,62)(H,48,50,60)(H,49,51,61)/t26-/m0/s1. The molecule has 0 aliphatic carbocycles. The zero-order valence-electron chi connectivity index (χ0n) is 37.2. The van der Waals surface area contributed by atoms with Crippen molar-refractivity contribution in [1.29, 1.82) is 0 Å². The van der Waals surface area contributed by atoms with E-state index < -0.39 is 47.2 Å². The zero-order chi connectivity index (χ0) is 46.9. The summed E-state index contributed by atoms with van der Waals surface area (Å²) in [5.41, 5.74) is 13.3. The highest BCUT2D eigenvalue weighted by atomic mass is 19.1. The Morgan fingerprint density at radius 1 is 0.862 bits per heavy atom. The van der Waals surface area contributed by atoms with Gasteiger partial charge in [0.1, 0.15) is 40.4 Å². The second-order valence-electron chi connectivity index (χ2n) is 16.5. The molecule has 7 N–H and O–H groups in total. The number of primary amides is 2. The van der Waals surface area contributed by atoms with Gasteiger partial charge in [0.25, 0.3) is 11.8 Å². The molecule has 5 amide bonds. The molecular formula is C43H52FN13O8. The second-order valence-corrected chi connectivity index (χ2v) is 16.5. The Morgan fingerprint density at radius 3 is 2.20 bits per heavy atom. The van der Waals surface area contributed by atoms with Crippen molar-refractivity contribution in [3.63, 3.8) is 0 Å². The van der Waals surface area contributed by atoms with Crippen LogP contribution in [0.5, 0.6) is 11.5 Å². The molecule has 4 aromatic heterocycles. The lowest BCUT2D eigenvalue weighted by atomic mass is 10.1. The number of fused-ring (bicyclic) bond motifs is 1. The molecule has 65 heavy (non-hydrogen) atoms. The van der Waals surface area contributed by atoms with Crippen LogP contribution in [0.2, 0.25) is 0 Å². The minimum atomic E-state index is -0.771. The van der Waals surface area contributed by atoms with E-state index in [1.54, 1.807) is 54.5 Å². The molecule has 5 heterocycles. The van der Waals surface area contributed by atoms with Gasteiger partial charge in [0.15, 0.2) is 11.5 Å². The van der Waals surface area contributed by atoms with Crippen LogP contribution in [0.4, 0.5) is 21.1 Å². The first kappa shape index (κ1) is 45.5. The van der Waals surface area contributed by atoms with Crippen LogP contribution in [0.3, 0.4) is 0 Å². The quantitative estimate of drug-likeness (QED) is 0.0759. The first-order valence-electron chi connectivity index (χ1n) is 21.2. The number of carbonyl (C=O) groups is 5. The number of rotatable bonds is 17. The number of hydrogen-bond donors (Lipinski definition) is 5. The van der Waals surface area contributed by atoms with E-state index in [-0.39, 0.29) is 73.0 Å². The SMILES string of the molecule is CCn1nc(C)cc1C(=O)Nc1nc2cc(C(N)=O)cc(OCCCNC(=O)OC(C)(C)C)c2n1CCC[C@H]1COc2cc(C(N)=O)cc3nc(NC(=O)c4c(F)c(C)nn4CC)n1c23. The number of aromatic nitrogens is 8.